The summed E-state index contributed by atoms with van der Waals surface area (Å²) in [5.41, 5.74) is 2.37. The second-order valence-electron chi connectivity index (χ2n) is 8.08. The van der Waals surface area contributed by atoms with Crippen LogP contribution in [-0.4, -0.2) is 53.1 Å². The third-order valence-electron chi connectivity index (χ3n) is 5.67. The van der Waals surface area contributed by atoms with Crippen molar-refractivity contribution in [3.8, 4) is 0 Å². The highest BCUT2D eigenvalue weighted by Crippen LogP contribution is 2.19. The fourth-order valence-corrected chi connectivity index (χ4v) is 4.10. The fourth-order valence-electron chi connectivity index (χ4n) is 4.10. The lowest BCUT2D eigenvalue weighted by atomic mass is 9.99. The van der Waals surface area contributed by atoms with E-state index >= 15 is 0 Å². The zero-order valence-electron chi connectivity index (χ0n) is 16.2. The average molecular weight is 373 g/mol. The molecular weight excluding hydrogens is 342 g/mol. The molecule has 2 aliphatic heterocycles. The van der Waals surface area contributed by atoms with Crippen LogP contribution in [0, 0.1) is 11.8 Å². The number of hydrogen-bond acceptors (Lipinski definition) is 3. The maximum atomic E-state index is 12.3. The molecule has 27 heavy (non-hydrogen) atoms. The minimum Gasteiger partial charge on any atom is -0.481 e. The van der Waals surface area contributed by atoms with E-state index < -0.39 is 11.9 Å². The molecule has 3 rings (SSSR count). The van der Waals surface area contributed by atoms with Crippen molar-refractivity contribution in [2.24, 2.45) is 11.8 Å². The maximum absolute atomic E-state index is 12.3. The van der Waals surface area contributed by atoms with Crippen LogP contribution in [0.4, 0.5) is 4.79 Å². The molecule has 2 saturated heterocycles. The molecule has 2 heterocycles. The van der Waals surface area contributed by atoms with Gasteiger partial charge in [-0.15, -0.1) is 0 Å². The van der Waals surface area contributed by atoms with Crippen molar-refractivity contribution in [1.82, 2.24) is 15.1 Å². The molecule has 6 nitrogen and oxygen atoms in total. The monoisotopic (exact) mass is 373 g/mol. The van der Waals surface area contributed by atoms with Gasteiger partial charge in [-0.3, -0.25) is 9.69 Å². The predicted octanol–water partition coefficient (Wildman–Crippen LogP) is 2.92. The normalized spacial score (nSPS) is 23.8. The minimum atomic E-state index is -0.814. The van der Waals surface area contributed by atoms with Gasteiger partial charge in [0, 0.05) is 32.7 Å². The summed E-state index contributed by atoms with van der Waals surface area (Å²) in [4.78, 5) is 27.6. The molecule has 2 aliphatic rings. The fraction of sp³-hybridized carbons (Fsp3) is 0.619. The van der Waals surface area contributed by atoms with E-state index in [1.54, 1.807) is 4.90 Å². The number of urea groups is 1. The Hall–Kier alpha value is -2.08. The van der Waals surface area contributed by atoms with Crippen molar-refractivity contribution < 1.29 is 14.7 Å². The number of carboxylic acid groups (broad SMARTS) is 1. The van der Waals surface area contributed by atoms with Gasteiger partial charge in [-0.2, -0.15) is 0 Å². The van der Waals surface area contributed by atoms with Crippen molar-refractivity contribution in [1.29, 1.82) is 0 Å². The Bertz CT molecular complexity index is 647. The number of carbonyl (C=O) groups excluding carboxylic acids is 1. The molecule has 0 spiro atoms. The van der Waals surface area contributed by atoms with Crippen molar-refractivity contribution in [3.63, 3.8) is 0 Å². The molecule has 148 valence electrons. The number of carboxylic acids is 1. The van der Waals surface area contributed by atoms with Gasteiger partial charge in [-0.05, 0) is 49.3 Å². The van der Waals surface area contributed by atoms with Gasteiger partial charge in [0.15, 0.2) is 0 Å². The summed E-state index contributed by atoms with van der Waals surface area (Å²) >= 11 is 0. The van der Waals surface area contributed by atoms with Crippen LogP contribution in [0.3, 0.4) is 0 Å². The van der Waals surface area contributed by atoms with Crippen LogP contribution in [0.25, 0.3) is 0 Å². The smallest absolute Gasteiger partial charge is 0.317 e. The number of piperidine rings is 2. The Morgan fingerprint density at radius 1 is 1.07 bits per heavy atom. The topological polar surface area (TPSA) is 72.9 Å². The van der Waals surface area contributed by atoms with Gasteiger partial charge in [-0.25, -0.2) is 4.79 Å². The summed E-state index contributed by atoms with van der Waals surface area (Å²) in [7, 11) is 0. The molecule has 6 heteroatoms. The number of likely N-dealkylation sites (tertiary alicyclic amines) is 2. The first-order valence-corrected chi connectivity index (χ1v) is 10.1. The highest BCUT2D eigenvalue weighted by Gasteiger charge is 2.27. The van der Waals surface area contributed by atoms with Gasteiger partial charge < -0.3 is 15.3 Å². The van der Waals surface area contributed by atoms with Crippen LogP contribution in [0.1, 0.15) is 43.7 Å². The van der Waals surface area contributed by atoms with E-state index in [4.69, 9.17) is 5.11 Å². The number of rotatable bonds is 5. The van der Waals surface area contributed by atoms with E-state index in [2.05, 4.69) is 41.4 Å². The Kier molecular flexibility index (Phi) is 6.72. The van der Waals surface area contributed by atoms with Crippen molar-refractivity contribution >= 4 is 12.0 Å². The van der Waals surface area contributed by atoms with E-state index in [1.807, 2.05) is 0 Å². The van der Waals surface area contributed by atoms with E-state index in [0.717, 1.165) is 24.4 Å². The van der Waals surface area contributed by atoms with Crippen LogP contribution in [0.15, 0.2) is 24.3 Å². The summed E-state index contributed by atoms with van der Waals surface area (Å²) < 4.78 is 0. The Morgan fingerprint density at radius 2 is 1.78 bits per heavy atom. The third kappa shape index (κ3) is 5.70. The van der Waals surface area contributed by atoms with Crippen LogP contribution in [0.2, 0.25) is 0 Å². The molecule has 1 aromatic rings. The highest BCUT2D eigenvalue weighted by molar-refractivity contribution is 5.76. The van der Waals surface area contributed by atoms with Crippen LogP contribution in [0.5, 0.6) is 0 Å². The lowest BCUT2D eigenvalue weighted by molar-refractivity contribution is -0.143. The van der Waals surface area contributed by atoms with Crippen LogP contribution in [-0.2, 0) is 17.9 Å². The first kappa shape index (κ1) is 19.7. The second-order valence-corrected chi connectivity index (χ2v) is 8.08. The molecular formula is C21H31N3O3. The Morgan fingerprint density at radius 3 is 2.48 bits per heavy atom. The number of nitrogens with zero attached hydrogens (tertiary/aromatic N) is 2. The Labute approximate surface area is 161 Å². The predicted molar refractivity (Wildman–Crippen MR) is 104 cm³/mol. The molecule has 0 aliphatic carbocycles. The second kappa shape index (κ2) is 9.22. The average Bonchev–Trinajstić information content (AvgIpc) is 2.67. The van der Waals surface area contributed by atoms with E-state index in [1.165, 1.54) is 31.5 Å². The van der Waals surface area contributed by atoms with Gasteiger partial charge in [0.05, 0.1) is 5.92 Å². The molecule has 2 unspecified atom stereocenters. The number of carbonyl (C=O) groups is 2. The number of hydrogen-bond donors (Lipinski definition) is 2. The zero-order chi connectivity index (χ0) is 19.2. The van der Waals surface area contributed by atoms with Gasteiger partial charge in [0.2, 0.25) is 0 Å². The highest BCUT2D eigenvalue weighted by atomic mass is 16.4. The molecule has 1 aromatic carbocycles. The van der Waals surface area contributed by atoms with Gasteiger partial charge in [0.25, 0.3) is 0 Å². The molecule has 0 bridgehead atoms. The largest absolute Gasteiger partial charge is 0.481 e. The van der Waals surface area contributed by atoms with Crippen molar-refractivity contribution in [2.75, 3.05) is 26.2 Å². The molecule has 0 radical (unpaired) electrons. The van der Waals surface area contributed by atoms with Gasteiger partial charge in [-0.1, -0.05) is 31.2 Å². The standard InChI is InChI=1S/C21H31N3O3/c1-16-4-2-10-23(13-16)14-18-8-6-17(7-9-18)12-22-21(27)24-11-3-5-19(15-24)20(25)26/h6-9,16,19H,2-5,10-15H2,1H3,(H,22,27)(H,25,26). The van der Waals surface area contributed by atoms with Crippen molar-refractivity contribution in [2.45, 2.75) is 45.7 Å². The molecule has 2 N–H and O–H groups in total. The van der Waals surface area contributed by atoms with Crippen LogP contribution >= 0.6 is 0 Å². The lowest BCUT2D eigenvalue weighted by Crippen LogP contribution is -2.46. The quantitative estimate of drug-likeness (QED) is 0.832. The Balaban J connectivity index is 1.45. The molecule has 0 saturated carbocycles. The summed E-state index contributed by atoms with van der Waals surface area (Å²) in [6, 6.07) is 8.25. The summed E-state index contributed by atoms with van der Waals surface area (Å²) in [6.07, 6.45) is 4.01. The minimum absolute atomic E-state index is 0.174. The summed E-state index contributed by atoms with van der Waals surface area (Å²) in [5.74, 6) is -0.476. The van der Waals surface area contributed by atoms with Gasteiger partial charge in [0.1, 0.15) is 0 Å². The SMILES string of the molecule is CC1CCCN(Cc2ccc(CNC(=O)N3CCCC(C(=O)O)C3)cc2)C1. The van der Waals surface area contributed by atoms with E-state index in [0.29, 0.717) is 26.1 Å². The third-order valence-corrected chi connectivity index (χ3v) is 5.67. The first-order valence-electron chi connectivity index (χ1n) is 10.1. The zero-order valence-corrected chi connectivity index (χ0v) is 16.2. The summed E-state index contributed by atoms with van der Waals surface area (Å²) in [5, 5.41) is 12.1. The maximum Gasteiger partial charge on any atom is 0.317 e. The molecule has 0 aromatic heterocycles. The van der Waals surface area contributed by atoms with Crippen molar-refractivity contribution in [3.05, 3.63) is 35.4 Å². The van der Waals surface area contributed by atoms with E-state index in [9.17, 15) is 9.59 Å². The van der Waals surface area contributed by atoms with E-state index in [-0.39, 0.29) is 6.03 Å². The molecule has 2 fully saturated rings. The number of nitrogens with one attached hydrogen (secondary N) is 1. The van der Waals surface area contributed by atoms with Crippen LogP contribution < -0.4 is 5.32 Å². The number of amides is 2. The number of benzene rings is 1. The lowest BCUT2D eigenvalue weighted by Gasteiger charge is -2.31. The molecule has 2 amide bonds. The molecule has 2 atom stereocenters. The summed E-state index contributed by atoms with van der Waals surface area (Å²) in [6.45, 7) is 7.05. The number of aliphatic carboxylic acids is 1. The van der Waals surface area contributed by atoms with Gasteiger partial charge >= 0.3 is 12.0 Å². The first-order chi connectivity index (χ1) is 13.0.